The van der Waals surface area contributed by atoms with E-state index in [1.54, 1.807) is 0 Å². The zero-order valence-corrected chi connectivity index (χ0v) is 10.1. The summed E-state index contributed by atoms with van der Waals surface area (Å²) in [5.41, 5.74) is 2.12. The molecule has 0 aliphatic rings. The molecule has 2 heteroatoms. The van der Waals surface area contributed by atoms with E-state index in [0.29, 0.717) is 0 Å². The molecule has 14 heavy (non-hydrogen) atoms. The first-order valence-corrected chi connectivity index (χ1v) is 5.51. The highest BCUT2D eigenvalue weighted by atomic mass is 32.1. The monoisotopic (exact) mass is 209 g/mol. The summed E-state index contributed by atoms with van der Waals surface area (Å²) < 4.78 is 0. The van der Waals surface area contributed by atoms with E-state index in [4.69, 9.17) is 0 Å². The summed E-state index contributed by atoms with van der Waals surface area (Å²) in [6.07, 6.45) is 1.18. The molecule has 0 heterocycles. The highest BCUT2D eigenvalue weighted by Gasteiger charge is 1.83. The largest absolute Gasteiger partial charge is 0.258 e. The minimum atomic E-state index is 1.01. The fraction of sp³-hybridized carbons (Fsp3) is 0.417. The number of thiol groups is 1. The Hall–Kier alpha value is -0.760. The molecule has 0 radical (unpaired) electrons. The lowest BCUT2D eigenvalue weighted by molar-refractivity contribution is 1.11. The first-order chi connectivity index (χ1) is 6.70. The lowest BCUT2D eigenvalue weighted by atomic mass is 10.3. The van der Waals surface area contributed by atoms with Crippen LogP contribution in [0.2, 0.25) is 0 Å². The molecule has 0 amide bonds. The first kappa shape index (κ1) is 13.2. The highest BCUT2D eigenvalue weighted by molar-refractivity contribution is 7.80. The smallest absolute Gasteiger partial charge is 0.0628 e. The SMILES string of the molecule is CC(C)=Nc1ccccc1.CCCS. The highest BCUT2D eigenvalue weighted by Crippen LogP contribution is 2.09. The van der Waals surface area contributed by atoms with E-state index < -0.39 is 0 Å². The van der Waals surface area contributed by atoms with Gasteiger partial charge < -0.3 is 0 Å². The van der Waals surface area contributed by atoms with Gasteiger partial charge in [0.25, 0.3) is 0 Å². The van der Waals surface area contributed by atoms with Crippen molar-refractivity contribution in [2.24, 2.45) is 4.99 Å². The Bertz CT molecular complexity index is 248. The Balaban J connectivity index is 0.000000364. The number of hydrogen-bond acceptors (Lipinski definition) is 2. The minimum absolute atomic E-state index is 1.01. The lowest BCUT2D eigenvalue weighted by Gasteiger charge is -1.91. The van der Waals surface area contributed by atoms with Crippen molar-refractivity contribution in [1.29, 1.82) is 0 Å². The van der Waals surface area contributed by atoms with Crippen LogP contribution in [0, 0.1) is 0 Å². The Morgan fingerprint density at radius 3 is 2.07 bits per heavy atom. The van der Waals surface area contributed by atoms with Crippen molar-refractivity contribution < 1.29 is 0 Å². The second-order valence-corrected chi connectivity index (χ2v) is 3.57. The van der Waals surface area contributed by atoms with Crippen LogP contribution < -0.4 is 0 Å². The molecule has 0 N–H and O–H groups in total. The van der Waals surface area contributed by atoms with E-state index in [-0.39, 0.29) is 0 Å². The molecule has 0 fully saturated rings. The van der Waals surface area contributed by atoms with Gasteiger partial charge in [0.1, 0.15) is 0 Å². The second-order valence-electron chi connectivity index (χ2n) is 3.12. The molecule has 1 rings (SSSR count). The topological polar surface area (TPSA) is 12.4 Å². The van der Waals surface area contributed by atoms with Gasteiger partial charge in [-0.15, -0.1) is 0 Å². The summed E-state index contributed by atoms with van der Waals surface area (Å²) in [6, 6.07) is 9.95. The second kappa shape index (κ2) is 8.82. The number of aliphatic imine (C=N–C) groups is 1. The van der Waals surface area contributed by atoms with Gasteiger partial charge in [0.05, 0.1) is 5.69 Å². The van der Waals surface area contributed by atoms with Crippen molar-refractivity contribution in [3.05, 3.63) is 30.3 Å². The van der Waals surface area contributed by atoms with Gasteiger partial charge in [-0.25, -0.2) is 0 Å². The van der Waals surface area contributed by atoms with Gasteiger partial charge in [0.2, 0.25) is 0 Å². The number of para-hydroxylation sites is 1. The van der Waals surface area contributed by atoms with Crippen molar-refractivity contribution >= 4 is 24.0 Å². The summed E-state index contributed by atoms with van der Waals surface area (Å²) in [6.45, 7) is 6.09. The van der Waals surface area contributed by atoms with Gasteiger partial charge >= 0.3 is 0 Å². The molecule has 0 atom stereocenters. The Morgan fingerprint density at radius 1 is 1.21 bits per heavy atom. The van der Waals surface area contributed by atoms with Crippen LogP contribution >= 0.6 is 12.6 Å². The van der Waals surface area contributed by atoms with Crippen LogP contribution in [0.25, 0.3) is 0 Å². The molecule has 78 valence electrons. The first-order valence-electron chi connectivity index (χ1n) is 4.88. The van der Waals surface area contributed by atoms with E-state index >= 15 is 0 Å². The van der Waals surface area contributed by atoms with E-state index in [0.717, 1.165) is 17.2 Å². The van der Waals surface area contributed by atoms with Gasteiger partial charge in [0, 0.05) is 5.71 Å². The van der Waals surface area contributed by atoms with Crippen LogP contribution in [0.1, 0.15) is 27.2 Å². The van der Waals surface area contributed by atoms with Crippen molar-refractivity contribution in [2.75, 3.05) is 5.75 Å². The molecule has 0 saturated carbocycles. The summed E-state index contributed by atoms with van der Waals surface area (Å²) in [4.78, 5) is 4.28. The predicted molar refractivity (Wildman–Crippen MR) is 69.0 cm³/mol. The normalized spacial score (nSPS) is 8.57. The molecule has 1 aromatic carbocycles. The van der Waals surface area contributed by atoms with Gasteiger partial charge in [0.15, 0.2) is 0 Å². The molecule has 0 aliphatic carbocycles. The molecular formula is C12H19NS. The lowest BCUT2D eigenvalue weighted by Crippen LogP contribution is -1.76. The quantitative estimate of drug-likeness (QED) is 0.555. The Kier molecular flexibility index (Phi) is 8.34. The zero-order chi connectivity index (χ0) is 10.8. The van der Waals surface area contributed by atoms with Crippen LogP contribution in [0.3, 0.4) is 0 Å². The third kappa shape index (κ3) is 7.87. The zero-order valence-electron chi connectivity index (χ0n) is 9.20. The maximum atomic E-state index is 4.28. The standard InChI is InChI=1S/C9H11N.C3H8S/c1-8(2)10-9-6-4-3-5-7-9;1-2-3-4/h3-7H,1-2H3;4H,2-3H2,1H3. The van der Waals surface area contributed by atoms with Crippen LogP contribution in [0.5, 0.6) is 0 Å². The van der Waals surface area contributed by atoms with Crippen molar-refractivity contribution in [3.8, 4) is 0 Å². The fourth-order valence-electron chi connectivity index (χ4n) is 0.761. The molecule has 0 unspecified atom stereocenters. The van der Waals surface area contributed by atoms with Gasteiger partial charge in [-0.05, 0) is 38.2 Å². The Labute approximate surface area is 92.7 Å². The van der Waals surface area contributed by atoms with Crippen molar-refractivity contribution in [1.82, 2.24) is 0 Å². The number of rotatable bonds is 2. The molecule has 0 spiro atoms. The van der Waals surface area contributed by atoms with Gasteiger partial charge in [-0.2, -0.15) is 12.6 Å². The maximum absolute atomic E-state index is 4.28. The van der Waals surface area contributed by atoms with E-state index in [9.17, 15) is 0 Å². The van der Waals surface area contributed by atoms with E-state index in [1.165, 1.54) is 6.42 Å². The van der Waals surface area contributed by atoms with E-state index in [2.05, 4.69) is 24.5 Å². The molecular weight excluding hydrogens is 190 g/mol. The Morgan fingerprint density at radius 2 is 1.71 bits per heavy atom. The van der Waals surface area contributed by atoms with Gasteiger partial charge in [-0.3, -0.25) is 4.99 Å². The number of benzene rings is 1. The molecule has 0 aromatic heterocycles. The summed E-state index contributed by atoms with van der Waals surface area (Å²) in [5.74, 6) is 1.01. The van der Waals surface area contributed by atoms with Gasteiger partial charge in [-0.1, -0.05) is 25.1 Å². The molecule has 0 bridgehead atoms. The maximum Gasteiger partial charge on any atom is 0.0628 e. The van der Waals surface area contributed by atoms with Crippen LogP contribution in [0.15, 0.2) is 35.3 Å². The average Bonchev–Trinajstić information content (AvgIpc) is 2.19. The van der Waals surface area contributed by atoms with E-state index in [1.807, 2.05) is 44.2 Å². The third-order valence-corrected chi connectivity index (χ3v) is 1.78. The number of nitrogens with zero attached hydrogens (tertiary/aromatic N) is 1. The summed E-state index contributed by atoms with van der Waals surface area (Å²) >= 11 is 3.92. The van der Waals surface area contributed by atoms with Crippen molar-refractivity contribution in [3.63, 3.8) is 0 Å². The van der Waals surface area contributed by atoms with Crippen LogP contribution in [-0.2, 0) is 0 Å². The number of hydrogen-bond donors (Lipinski definition) is 1. The molecule has 0 aliphatic heterocycles. The minimum Gasteiger partial charge on any atom is -0.258 e. The molecule has 0 saturated heterocycles. The summed E-state index contributed by atoms with van der Waals surface area (Å²) in [5, 5.41) is 0. The molecule has 1 aromatic rings. The van der Waals surface area contributed by atoms with Crippen LogP contribution in [-0.4, -0.2) is 11.5 Å². The van der Waals surface area contributed by atoms with Crippen LogP contribution in [0.4, 0.5) is 5.69 Å². The fourth-order valence-corrected chi connectivity index (χ4v) is 0.761. The average molecular weight is 209 g/mol. The third-order valence-electron chi connectivity index (χ3n) is 1.33. The predicted octanol–water partition coefficient (Wildman–Crippen LogP) is 4.13. The summed E-state index contributed by atoms with van der Waals surface area (Å²) in [7, 11) is 0. The molecule has 1 nitrogen and oxygen atoms in total. The van der Waals surface area contributed by atoms with Crippen molar-refractivity contribution in [2.45, 2.75) is 27.2 Å².